The van der Waals surface area contributed by atoms with Gasteiger partial charge in [0.1, 0.15) is 0 Å². The van der Waals surface area contributed by atoms with Gasteiger partial charge in [-0.25, -0.2) is 14.3 Å². The average molecular weight is 360 g/mol. The first-order valence-corrected chi connectivity index (χ1v) is 8.32. The molecule has 1 aliphatic rings. The molecule has 0 aliphatic carbocycles. The highest BCUT2D eigenvalue weighted by molar-refractivity contribution is 8.14. The van der Waals surface area contributed by atoms with Crippen LogP contribution >= 0.6 is 23.4 Å². The number of hydrogen-bond acceptors (Lipinski definition) is 6. The number of hydrazine groups is 1. The lowest BCUT2D eigenvalue weighted by Crippen LogP contribution is -2.35. The third-order valence-corrected chi connectivity index (χ3v) is 5.33. The third-order valence-electron chi connectivity index (χ3n) is 2.57. The largest absolute Gasteiger partial charge is 0.501 e. The molecule has 116 valence electrons. The van der Waals surface area contributed by atoms with Crippen LogP contribution in [-0.4, -0.2) is 31.4 Å². The number of benzene rings is 1. The monoisotopic (exact) mass is 359 g/mol. The van der Waals surface area contributed by atoms with Gasteiger partial charge in [0.05, 0.1) is 22.2 Å². The number of nitrogens with zero attached hydrogens (tertiary/aromatic N) is 2. The number of halogens is 4. The van der Waals surface area contributed by atoms with Crippen molar-refractivity contribution in [3.05, 3.63) is 23.2 Å². The van der Waals surface area contributed by atoms with Crippen molar-refractivity contribution in [1.29, 1.82) is 0 Å². The summed E-state index contributed by atoms with van der Waals surface area (Å²) in [4.78, 5) is 3.15. The fraction of sp³-hybridized carbons (Fsp3) is 0.300. The van der Waals surface area contributed by atoms with Gasteiger partial charge < -0.3 is 0 Å². The molecular weight excluding hydrogens is 351 g/mol. The standard InChI is InChI=1S/C10H9ClF3N3O2S2/c11-7-5-6(21(18,19)10(12,13)14)1-2-8(7)17(15)9-16-3-4-20-9/h1-2,5H,3-4,15H2. The Morgan fingerprint density at radius 2 is 2.05 bits per heavy atom. The first kappa shape index (κ1) is 16.4. The van der Waals surface area contributed by atoms with Crippen molar-refractivity contribution < 1.29 is 21.6 Å². The van der Waals surface area contributed by atoms with E-state index >= 15 is 0 Å². The molecule has 1 aromatic carbocycles. The van der Waals surface area contributed by atoms with Crippen LogP contribution in [0.2, 0.25) is 5.02 Å². The first-order chi connectivity index (χ1) is 9.64. The SMILES string of the molecule is NN(C1=NCCS1)c1ccc(S(=O)(=O)C(F)(F)F)cc1Cl. The van der Waals surface area contributed by atoms with Crippen LogP contribution in [0.4, 0.5) is 18.9 Å². The minimum atomic E-state index is -5.44. The van der Waals surface area contributed by atoms with Gasteiger partial charge in [0.15, 0.2) is 5.17 Å². The Kier molecular flexibility index (Phi) is 4.43. The molecule has 2 N–H and O–H groups in total. The van der Waals surface area contributed by atoms with E-state index in [1.54, 1.807) is 0 Å². The summed E-state index contributed by atoms with van der Waals surface area (Å²) >= 11 is 7.20. The zero-order valence-electron chi connectivity index (χ0n) is 10.3. The van der Waals surface area contributed by atoms with E-state index in [1.165, 1.54) is 11.8 Å². The molecule has 0 atom stereocenters. The van der Waals surface area contributed by atoms with Crippen LogP contribution in [0.15, 0.2) is 28.1 Å². The molecule has 11 heteroatoms. The highest BCUT2D eigenvalue weighted by Crippen LogP contribution is 2.35. The van der Waals surface area contributed by atoms with Crippen LogP contribution in [0.25, 0.3) is 0 Å². The fourth-order valence-electron chi connectivity index (χ4n) is 1.56. The Bertz CT molecular complexity index is 691. The molecule has 0 spiro atoms. The van der Waals surface area contributed by atoms with Gasteiger partial charge in [0.25, 0.3) is 9.84 Å². The van der Waals surface area contributed by atoms with E-state index in [1.807, 2.05) is 0 Å². The Labute approximate surface area is 127 Å². The summed E-state index contributed by atoms with van der Waals surface area (Å²) in [5.41, 5.74) is -5.21. The van der Waals surface area contributed by atoms with Crippen molar-refractivity contribution in [3.8, 4) is 0 Å². The van der Waals surface area contributed by atoms with Crippen molar-refractivity contribution in [2.75, 3.05) is 17.3 Å². The van der Waals surface area contributed by atoms with Crippen LogP contribution in [0.3, 0.4) is 0 Å². The van der Waals surface area contributed by atoms with Gasteiger partial charge in [-0.15, -0.1) is 0 Å². The Hall–Kier alpha value is -0.970. The molecule has 1 aromatic rings. The highest BCUT2D eigenvalue weighted by Gasteiger charge is 2.47. The van der Waals surface area contributed by atoms with Gasteiger partial charge in [-0.2, -0.15) is 13.2 Å². The number of hydrogen-bond donors (Lipinski definition) is 1. The van der Waals surface area contributed by atoms with Crippen molar-refractivity contribution in [1.82, 2.24) is 0 Å². The van der Waals surface area contributed by atoms with Crippen LogP contribution in [0.1, 0.15) is 0 Å². The van der Waals surface area contributed by atoms with Crippen LogP contribution in [0, 0.1) is 0 Å². The minimum absolute atomic E-state index is 0.172. The van der Waals surface area contributed by atoms with Crippen molar-refractivity contribution in [2.45, 2.75) is 10.4 Å². The second-order valence-electron chi connectivity index (χ2n) is 3.95. The number of aliphatic imine (C=N–C) groups is 1. The molecule has 2 rings (SSSR count). The molecule has 0 aromatic heterocycles. The number of thioether (sulfide) groups is 1. The highest BCUT2D eigenvalue weighted by atomic mass is 35.5. The molecule has 0 amide bonds. The maximum Gasteiger partial charge on any atom is 0.501 e. The van der Waals surface area contributed by atoms with E-state index in [0.29, 0.717) is 11.7 Å². The second-order valence-corrected chi connectivity index (χ2v) is 7.36. The Balaban J connectivity index is 2.39. The second kappa shape index (κ2) is 5.67. The number of sulfone groups is 1. The third kappa shape index (κ3) is 3.12. The minimum Gasteiger partial charge on any atom is -0.260 e. The molecule has 0 saturated carbocycles. The summed E-state index contributed by atoms with van der Waals surface area (Å²) in [7, 11) is -5.44. The number of alkyl halides is 3. The summed E-state index contributed by atoms with van der Waals surface area (Å²) in [5, 5.41) is 1.37. The Morgan fingerprint density at radius 3 is 2.52 bits per heavy atom. The van der Waals surface area contributed by atoms with E-state index < -0.39 is 20.2 Å². The molecule has 21 heavy (non-hydrogen) atoms. The first-order valence-electron chi connectivity index (χ1n) is 5.47. The summed E-state index contributed by atoms with van der Waals surface area (Å²) in [6.45, 7) is 0.575. The molecule has 1 aliphatic heterocycles. The predicted molar refractivity (Wildman–Crippen MR) is 76.1 cm³/mol. The lowest BCUT2D eigenvalue weighted by atomic mass is 10.3. The van der Waals surface area contributed by atoms with Crippen LogP contribution in [-0.2, 0) is 9.84 Å². The van der Waals surface area contributed by atoms with E-state index in [4.69, 9.17) is 17.4 Å². The van der Waals surface area contributed by atoms with E-state index in [-0.39, 0.29) is 10.7 Å². The van der Waals surface area contributed by atoms with E-state index in [0.717, 1.165) is 29.0 Å². The average Bonchev–Trinajstić information content (AvgIpc) is 2.90. The molecule has 0 fully saturated rings. The van der Waals surface area contributed by atoms with Gasteiger partial charge >= 0.3 is 5.51 Å². The summed E-state index contributed by atoms with van der Waals surface area (Å²) in [6.07, 6.45) is 0. The zero-order valence-corrected chi connectivity index (χ0v) is 12.7. The lowest BCUT2D eigenvalue weighted by Gasteiger charge is -2.19. The van der Waals surface area contributed by atoms with Gasteiger partial charge in [0.2, 0.25) is 0 Å². The zero-order chi connectivity index (χ0) is 15.8. The van der Waals surface area contributed by atoms with Crippen molar-refractivity contribution >= 4 is 44.1 Å². The predicted octanol–water partition coefficient (Wildman–Crippen LogP) is 2.42. The van der Waals surface area contributed by atoms with Gasteiger partial charge in [-0.3, -0.25) is 10.0 Å². The normalized spacial score (nSPS) is 16.0. The van der Waals surface area contributed by atoms with Gasteiger partial charge in [-0.1, -0.05) is 23.4 Å². The molecule has 0 bridgehead atoms. The molecule has 1 heterocycles. The molecular formula is C10H9ClF3N3O2S2. The number of anilines is 1. The van der Waals surface area contributed by atoms with E-state index in [2.05, 4.69) is 4.99 Å². The number of amidine groups is 1. The molecule has 0 radical (unpaired) electrons. The summed E-state index contributed by atoms with van der Waals surface area (Å²) in [5.74, 6) is 6.51. The fourth-order valence-corrected chi connectivity index (χ4v) is 3.47. The maximum absolute atomic E-state index is 12.5. The molecule has 0 saturated heterocycles. The maximum atomic E-state index is 12.5. The van der Waals surface area contributed by atoms with Crippen LogP contribution < -0.4 is 10.9 Å². The Morgan fingerprint density at radius 1 is 1.38 bits per heavy atom. The lowest BCUT2D eigenvalue weighted by molar-refractivity contribution is -0.0436. The molecule has 0 unspecified atom stereocenters. The summed E-state index contributed by atoms with van der Waals surface area (Å²) < 4.78 is 60.0. The van der Waals surface area contributed by atoms with E-state index in [9.17, 15) is 21.6 Å². The number of rotatable bonds is 2. The van der Waals surface area contributed by atoms with Crippen molar-refractivity contribution in [2.24, 2.45) is 10.8 Å². The topological polar surface area (TPSA) is 75.8 Å². The quantitative estimate of drug-likeness (QED) is 0.648. The number of nitrogens with two attached hydrogens (primary N) is 1. The van der Waals surface area contributed by atoms with Crippen molar-refractivity contribution in [3.63, 3.8) is 0 Å². The van der Waals surface area contributed by atoms with Crippen LogP contribution in [0.5, 0.6) is 0 Å². The van der Waals surface area contributed by atoms with Gasteiger partial charge in [0, 0.05) is 5.75 Å². The molecule has 5 nitrogen and oxygen atoms in total. The van der Waals surface area contributed by atoms with Gasteiger partial charge in [-0.05, 0) is 18.2 Å². The summed E-state index contributed by atoms with van der Waals surface area (Å²) in [6, 6.07) is 2.65. The smallest absolute Gasteiger partial charge is 0.260 e.